The summed E-state index contributed by atoms with van der Waals surface area (Å²) >= 11 is 0. The molecule has 2 rings (SSSR count). The highest BCUT2D eigenvalue weighted by Crippen LogP contribution is 2.27. The van der Waals surface area contributed by atoms with Crippen molar-refractivity contribution in [3.63, 3.8) is 0 Å². The van der Waals surface area contributed by atoms with Crippen molar-refractivity contribution in [2.75, 3.05) is 0 Å². The molecule has 1 aromatic carbocycles. The van der Waals surface area contributed by atoms with Gasteiger partial charge in [0.15, 0.2) is 0 Å². The summed E-state index contributed by atoms with van der Waals surface area (Å²) in [4.78, 5) is 0. The van der Waals surface area contributed by atoms with Crippen molar-refractivity contribution in [1.82, 2.24) is 0 Å². The molecule has 0 heterocycles. The van der Waals surface area contributed by atoms with E-state index in [0.29, 0.717) is 6.10 Å². The molecule has 1 nitrogen and oxygen atoms in total. The Kier molecular flexibility index (Phi) is 2.35. The first kappa shape index (κ1) is 8.36. The molecule has 1 fully saturated rings. The SMILES string of the molecule is C=CCc1cccc(OC2CC2)c1. The zero-order valence-electron chi connectivity index (χ0n) is 7.70. The summed E-state index contributed by atoms with van der Waals surface area (Å²) in [5.74, 6) is 1.00. The van der Waals surface area contributed by atoms with Gasteiger partial charge in [0, 0.05) is 0 Å². The van der Waals surface area contributed by atoms with E-state index in [4.69, 9.17) is 4.74 Å². The molecule has 1 aliphatic carbocycles. The first-order chi connectivity index (χ1) is 6.38. The number of rotatable bonds is 4. The standard InChI is InChI=1S/C12H14O/c1-2-4-10-5-3-6-12(9-10)13-11-7-8-11/h2-3,5-6,9,11H,1,4,7-8H2. The molecule has 1 aliphatic rings. The van der Waals surface area contributed by atoms with E-state index in [-0.39, 0.29) is 0 Å². The lowest BCUT2D eigenvalue weighted by Crippen LogP contribution is -1.95. The number of hydrogen-bond acceptors (Lipinski definition) is 1. The van der Waals surface area contributed by atoms with Crippen molar-refractivity contribution in [3.8, 4) is 5.75 Å². The lowest BCUT2D eigenvalue weighted by Gasteiger charge is -2.05. The van der Waals surface area contributed by atoms with Crippen LogP contribution in [0.4, 0.5) is 0 Å². The Morgan fingerprint density at radius 1 is 1.46 bits per heavy atom. The molecule has 0 amide bonds. The monoisotopic (exact) mass is 174 g/mol. The van der Waals surface area contributed by atoms with Crippen LogP contribution in [0.5, 0.6) is 5.75 Å². The molecule has 1 saturated carbocycles. The van der Waals surface area contributed by atoms with Crippen LogP contribution in [-0.4, -0.2) is 6.10 Å². The third-order valence-corrected chi connectivity index (χ3v) is 2.11. The zero-order valence-corrected chi connectivity index (χ0v) is 7.70. The molecule has 0 aliphatic heterocycles. The summed E-state index contributed by atoms with van der Waals surface area (Å²) in [6, 6.07) is 8.25. The van der Waals surface area contributed by atoms with E-state index >= 15 is 0 Å². The van der Waals surface area contributed by atoms with Gasteiger partial charge in [0.2, 0.25) is 0 Å². The van der Waals surface area contributed by atoms with Crippen molar-refractivity contribution in [3.05, 3.63) is 42.5 Å². The zero-order chi connectivity index (χ0) is 9.10. The normalized spacial score (nSPS) is 15.4. The highest BCUT2D eigenvalue weighted by atomic mass is 16.5. The minimum absolute atomic E-state index is 0.485. The van der Waals surface area contributed by atoms with Gasteiger partial charge in [-0.25, -0.2) is 0 Å². The maximum Gasteiger partial charge on any atom is 0.120 e. The first-order valence-corrected chi connectivity index (χ1v) is 4.75. The van der Waals surface area contributed by atoms with Gasteiger partial charge in [-0.3, -0.25) is 0 Å². The predicted octanol–water partition coefficient (Wildman–Crippen LogP) is 2.96. The molecule has 0 radical (unpaired) electrons. The highest BCUT2D eigenvalue weighted by Gasteiger charge is 2.23. The smallest absolute Gasteiger partial charge is 0.120 e. The Labute approximate surface area is 79.0 Å². The molecule has 13 heavy (non-hydrogen) atoms. The Balaban J connectivity index is 2.06. The van der Waals surface area contributed by atoms with Gasteiger partial charge in [0.1, 0.15) is 5.75 Å². The minimum atomic E-state index is 0.485. The molecule has 1 heteroatoms. The maximum atomic E-state index is 5.68. The first-order valence-electron chi connectivity index (χ1n) is 4.75. The summed E-state index contributed by atoms with van der Waals surface area (Å²) < 4.78 is 5.68. The number of allylic oxidation sites excluding steroid dienone is 1. The average Bonchev–Trinajstić information content (AvgIpc) is 2.90. The Hall–Kier alpha value is -1.24. The molecule has 68 valence electrons. The minimum Gasteiger partial charge on any atom is -0.490 e. The molecular formula is C12H14O. The van der Waals surface area contributed by atoms with Gasteiger partial charge in [0.25, 0.3) is 0 Å². The van der Waals surface area contributed by atoms with Crippen molar-refractivity contribution in [2.45, 2.75) is 25.4 Å². The van der Waals surface area contributed by atoms with Gasteiger partial charge in [0.05, 0.1) is 6.10 Å². The molecule has 0 spiro atoms. The predicted molar refractivity (Wildman–Crippen MR) is 54.0 cm³/mol. The third-order valence-electron chi connectivity index (χ3n) is 2.11. The van der Waals surface area contributed by atoms with Crippen molar-refractivity contribution >= 4 is 0 Å². The molecular weight excluding hydrogens is 160 g/mol. The Morgan fingerprint density at radius 2 is 2.31 bits per heavy atom. The Bertz CT molecular complexity index is 300. The lowest BCUT2D eigenvalue weighted by atomic mass is 10.1. The Morgan fingerprint density at radius 3 is 3.00 bits per heavy atom. The van der Waals surface area contributed by atoms with E-state index in [2.05, 4.69) is 18.7 Å². The molecule has 0 aromatic heterocycles. The van der Waals surface area contributed by atoms with Gasteiger partial charge < -0.3 is 4.74 Å². The molecule has 0 N–H and O–H groups in total. The van der Waals surface area contributed by atoms with E-state index in [1.54, 1.807) is 0 Å². The van der Waals surface area contributed by atoms with E-state index in [1.807, 2.05) is 18.2 Å². The molecule has 0 bridgehead atoms. The summed E-state index contributed by atoms with van der Waals surface area (Å²) in [6.07, 6.45) is 5.74. The number of benzene rings is 1. The fourth-order valence-corrected chi connectivity index (χ4v) is 1.29. The van der Waals surface area contributed by atoms with Crippen molar-refractivity contribution < 1.29 is 4.74 Å². The van der Waals surface area contributed by atoms with Crippen LogP contribution in [0.3, 0.4) is 0 Å². The molecule has 1 aromatic rings. The summed E-state index contributed by atoms with van der Waals surface area (Å²) in [7, 11) is 0. The summed E-state index contributed by atoms with van der Waals surface area (Å²) in [5.41, 5.74) is 1.27. The van der Waals surface area contributed by atoms with E-state index in [9.17, 15) is 0 Å². The highest BCUT2D eigenvalue weighted by molar-refractivity contribution is 5.30. The van der Waals surface area contributed by atoms with Gasteiger partial charge in [-0.1, -0.05) is 18.2 Å². The largest absolute Gasteiger partial charge is 0.490 e. The van der Waals surface area contributed by atoms with Crippen LogP contribution in [0, 0.1) is 0 Å². The van der Waals surface area contributed by atoms with Crippen LogP contribution in [0.1, 0.15) is 18.4 Å². The van der Waals surface area contributed by atoms with Crippen LogP contribution in [0.15, 0.2) is 36.9 Å². The molecule has 0 saturated heterocycles. The van der Waals surface area contributed by atoms with E-state index < -0.39 is 0 Å². The lowest BCUT2D eigenvalue weighted by molar-refractivity contribution is 0.303. The number of hydrogen-bond donors (Lipinski definition) is 0. The quantitative estimate of drug-likeness (QED) is 0.638. The summed E-state index contributed by atoms with van der Waals surface area (Å²) in [5, 5.41) is 0. The maximum absolute atomic E-state index is 5.68. The fraction of sp³-hybridized carbons (Fsp3) is 0.333. The van der Waals surface area contributed by atoms with Crippen LogP contribution >= 0.6 is 0 Å². The second kappa shape index (κ2) is 3.65. The van der Waals surface area contributed by atoms with Crippen molar-refractivity contribution in [1.29, 1.82) is 0 Å². The van der Waals surface area contributed by atoms with Gasteiger partial charge in [-0.05, 0) is 37.0 Å². The van der Waals surface area contributed by atoms with Crippen LogP contribution in [0.25, 0.3) is 0 Å². The van der Waals surface area contributed by atoms with Crippen molar-refractivity contribution in [2.24, 2.45) is 0 Å². The van der Waals surface area contributed by atoms with Gasteiger partial charge in [-0.15, -0.1) is 6.58 Å². The van der Waals surface area contributed by atoms with Crippen LogP contribution in [-0.2, 0) is 6.42 Å². The molecule has 0 unspecified atom stereocenters. The van der Waals surface area contributed by atoms with Crippen LogP contribution in [0.2, 0.25) is 0 Å². The van der Waals surface area contributed by atoms with E-state index in [1.165, 1.54) is 18.4 Å². The second-order valence-electron chi connectivity index (χ2n) is 3.46. The van der Waals surface area contributed by atoms with Crippen LogP contribution < -0.4 is 4.74 Å². The van der Waals surface area contributed by atoms with E-state index in [0.717, 1.165) is 12.2 Å². The fourth-order valence-electron chi connectivity index (χ4n) is 1.29. The molecule has 0 atom stereocenters. The number of ether oxygens (including phenoxy) is 1. The topological polar surface area (TPSA) is 9.23 Å². The van der Waals surface area contributed by atoms with Gasteiger partial charge in [-0.2, -0.15) is 0 Å². The third kappa shape index (κ3) is 2.35. The average molecular weight is 174 g/mol. The summed E-state index contributed by atoms with van der Waals surface area (Å²) in [6.45, 7) is 3.72. The second-order valence-corrected chi connectivity index (χ2v) is 3.46. The van der Waals surface area contributed by atoms with Gasteiger partial charge >= 0.3 is 0 Å².